The Morgan fingerprint density at radius 1 is 1.15 bits per heavy atom. The Balaban J connectivity index is 1.46. The van der Waals surface area contributed by atoms with Crippen LogP contribution in [0.25, 0.3) is 0 Å². The van der Waals surface area contributed by atoms with E-state index in [1.165, 1.54) is 11.1 Å². The van der Waals surface area contributed by atoms with Gasteiger partial charge in [-0.05, 0) is 30.9 Å². The third kappa shape index (κ3) is 3.90. The Bertz CT molecular complexity index is 815. The van der Waals surface area contributed by atoms with Crippen LogP contribution in [0, 0.1) is 6.92 Å². The Hall–Kier alpha value is -2.21. The molecule has 0 unspecified atom stereocenters. The first-order chi connectivity index (χ1) is 13.1. The van der Waals surface area contributed by atoms with Crippen molar-refractivity contribution in [3.05, 3.63) is 47.0 Å². The topological polar surface area (TPSA) is 54.3 Å². The summed E-state index contributed by atoms with van der Waals surface area (Å²) in [7, 11) is 0. The molecule has 1 amide bonds. The standard InChI is InChI=1S/C21H29N5O/c1-16-6-3-4-7-18(16)14-24-11-9-20-22-23-21(26(20)13-12-24)19-8-5-10-25(15-19)17(2)27/h3-4,6-7,19H,5,8-15H2,1-2H3/t19-/m0/s1. The van der Waals surface area contributed by atoms with Crippen LogP contribution in [0.3, 0.4) is 0 Å². The number of hydrogen-bond acceptors (Lipinski definition) is 4. The fourth-order valence-electron chi connectivity index (χ4n) is 4.35. The van der Waals surface area contributed by atoms with Crippen molar-refractivity contribution >= 4 is 5.91 Å². The van der Waals surface area contributed by atoms with E-state index in [0.29, 0.717) is 5.92 Å². The average Bonchev–Trinajstić information content (AvgIpc) is 2.98. The summed E-state index contributed by atoms with van der Waals surface area (Å²) in [5.74, 6) is 2.65. The van der Waals surface area contributed by atoms with Crippen molar-refractivity contribution in [3.63, 3.8) is 0 Å². The highest BCUT2D eigenvalue weighted by Crippen LogP contribution is 2.27. The van der Waals surface area contributed by atoms with Crippen LogP contribution in [0.5, 0.6) is 0 Å². The number of piperidine rings is 1. The first kappa shape index (κ1) is 18.2. The molecule has 144 valence electrons. The molecule has 2 aliphatic rings. The molecule has 2 aromatic rings. The van der Waals surface area contributed by atoms with Gasteiger partial charge in [-0.3, -0.25) is 9.69 Å². The van der Waals surface area contributed by atoms with Gasteiger partial charge in [0.25, 0.3) is 0 Å². The van der Waals surface area contributed by atoms with Crippen molar-refractivity contribution in [2.24, 2.45) is 0 Å². The van der Waals surface area contributed by atoms with Crippen LogP contribution in [0.15, 0.2) is 24.3 Å². The molecule has 0 aliphatic carbocycles. The van der Waals surface area contributed by atoms with E-state index in [9.17, 15) is 4.79 Å². The maximum Gasteiger partial charge on any atom is 0.219 e. The summed E-state index contributed by atoms with van der Waals surface area (Å²) < 4.78 is 2.33. The number of aryl methyl sites for hydroxylation is 1. The van der Waals surface area contributed by atoms with E-state index in [1.807, 2.05) is 4.90 Å². The fourth-order valence-corrected chi connectivity index (χ4v) is 4.35. The molecule has 2 aliphatic heterocycles. The summed E-state index contributed by atoms with van der Waals surface area (Å²) in [4.78, 5) is 16.3. The van der Waals surface area contributed by atoms with Crippen molar-refractivity contribution in [2.75, 3.05) is 26.2 Å². The molecule has 3 heterocycles. The van der Waals surface area contributed by atoms with Crippen molar-refractivity contribution in [1.82, 2.24) is 24.6 Å². The first-order valence-corrected chi connectivity index (χ1v) is 10.1. The zero-order valence-corrected chi connectivity index (χ0v) is 16.4. The average molecular weight is 367 g/mol. The van der Waals surface area contributed by atoms with E-state index in [1.54, 1.807) is 6.92 Å². The number of amides is 1. The highest BCUT2D eigenvalue weighted by Gasteiger charge is 2.29. The molecular weight excluding hydrogens is 338 g/mol. The zero-order valence-electron chi connectivity index (χ0n) is 16.4. The van der Waals surface area contributed by atoms with Crippen molar-refractivity contribution < 1.29 is 4.79 Å². The number of hydrogen-bond donors (Lipinski definition) is 0. The lowest BCUT2D eigenvalue weighted by molar-refractivity contribution is -0.130. The van der Waals surface area contributed by atoms with Gasteiger partial charge >= 0.3 is 0 Å². The molecule has 0 spiro atoms. The van der Waals surface area contributed by atoms with Gasteiger partial charge in [-0.15, -0.1) is 10.2 Å². The minimum atomic E-state index is 0.166. The molecule has 0 saturated carbocycles. The molecular formula is C21H29N5O. The highest BCUT2D eigenvalue weighted by atomic mass is 16.2. The third-order valence-corrected chi connectivity index (χ3v) is 6.03. The van der Waals surface area contributed by atoms with Gasteiger partial charge in [0, 0.05) is 58.5 Å². The van der Waals surface area contributed by atoms with Gasteiger partial charge < -0.3 is 9.47 Å². The van der Waals surface area contributed by atoms with Gasteiger partial charge in [-0.25, -0.2) is 0 Å². The van der Waals surface area contributed by atoms with E-state index >= 15 is 0 Å². The number of likely N-dealkylation sites (tertiary alicyclic amines) is 1. The van der Waals surface area contributed by atoms with Crippen molar-refractivity contribution in [3.8, 4) is 0 Å². The molecule has 27 heavy (non-hydrogen) atoms. The molecule has 6 nitrogen and oxygen atoms in total. The van der Waals surface area contributed by atoms with E-state index in [-0.39, 0.29) is 5.91 Å². The summed E-state index contributed by atoms with van der Waals surface area (Å²) in [6.45, 7) is 9.44. The summed E-state index contributed by atoms with van der Waals surface area (Å²) in [6, 6.07) is 8.63. The second kappa shape index (κ2) is 7.80. The molecule has 1 aromatic heterocycles. The smallest absolute Gasteiger partial charge is 0.219 e. The largest absolute Gasteiger partial charge is 0.342 e. The number of aromatic nitrogens is 3. The Morgan fingerprint density at radius 2 is 2.00 bits per heavy atom. The van der Waals surface area contributed by atoms with Gasteiger partial charge in [-0.1, -0.05) is 24.3 Å². The SMILES string of the molecule is CC(=O)N1CCC[C@H](c2nnc3n2CCN(Cc2ccccc2C)CC3)C1. The number of carbonyl (C=O) groups is 1. The zero-order chi connectivity index (χ0) is 18.8. The van der Waals surface area contributed by atoms with Crippen LogP contribution in [0.2, 0.25) is 0 Å². The van der Waals surface area contributed by atoms with Crippen molar-refractivity contribution in [1.29, 1.82) is 0 Å². The number of carbonyl (C=O) groups excluding carboxylic acids is 1. The summed E-state index contributed by atoms with van der Waals surface area (Å²) in [5.41, 5.74) is 2.76. The molecule has 1 saturated heterocycles. The van der Waals surface area contributed by atoms with Crippen LogP contribution in [-0.2, 0) is 24.3 Å². The van der Waals surface area contributed by atoms with E-state index in [0.717, 1.165) is 70.2 Å². The molecule has 0 radical (unpaired) electrons. The molecule has 1 fully saturated rings. The van der Waals surface area contributed by atoms with Crippen LogP contribution < -0.4 is 0 Å². The number of rotatable bonds is 3. The van der Waals surface area contributed by atoms with Crippen LogP contribution in [0.1, 0.15) is 48.5 Å². The molecule has 0 N–H and O–H groups in total. The predicted molar refractivity (Wildman–Crippen MR) is 104 cm³/mol. The monoisotopic (exact) mass is 367 g/mol. The second-order valence-electron chi connectivity index (χ2n) is 7.88. The van der Waals surface area contributed by atoms with Gasteiger partial charge in [0.2, 0.25) is 5.91 Å². The minimum absolute atomic E-state index is 0.166. The van der Waals surface area contributed by atoms with E-state index < -0.39 is 0 Å². The number of fused-ring (bicyclic) bond motifs is 1. The lowest BCUT2D eigenvalue weighted by atomic mass is 9.97. The first-order valence-electron chi connectivity index (χ1n) is 10.1. The molecule has 1 atom stereocenters. The van der Waals surface area contributed by atoms with Crippen molar-refractivity contribution in [2.45, 2.75) is 52.1 Å². The van der Waals surface area contributed by atoms with Crippen LogP contribution >= 0.6 is 0 Å². The number of nitrogens with zero attached hydrogens (tertiary/aromatic N) is 5. The second-order valence-corrected chi connectivity index (χ2v) is 7.88. The third-order valence-electron chi connectivity index (χ3n) is 6.03. The van der Waals surface area contributed by atoms with E-state index in [4.69, 9.17) is 0 Å². The number of benzene rings is 1. The highest BCUT2D eigenvalue weighted by molar-refractivity contribution is 5.73. The Morgan fingerprint density at radius 3 is 2.81 bits per heavy atom. The van der Waals surface area contributed by atoms with E-state index in [2.05, 4.69) is 50.9 Å². The van der Waals surface area contributed by atoms with Crippen LogP contribution in [0.4, 0.5) is 0 Å². The summed E-state index contributed by atoms with van der Waals surface area (Å²) in [5, 5.41) is 9.04. The lowest BCUT2D eigenvalue weighted by Gasteiger charge is -2.31. The quantitative estimate of drug-likeness (QED) is 0.836. The predicted octanol–water partition coefficient (Wildman–Crippen LogP) is 2.37. The normalized spacial score (nSPS) is 21.0. The minimum Gasteiger partial charge on any atom is -0.342 e. The van der Waals surface area contributed by atoms with Gasteiger partial charge in [0.1, 0.15) is 11.6 Å². The van der Waals surface area contributed by atoms with Crippen LogP contribution in [-0.4, -0.2) is 56.7 Å². The molecule has 1 aromatic carbocycles. The maximum atomic E-state index is 11.8. The Labute approximate surface area is 161 Å². The maximum absolute atomic E-state index is 11.8. The summed E-state index contributed by atoms with van der Waals surface area (Å²) in [6.07, 6.45) is 3.07. The van der Waals surface area contributed by atoms with Gasteiger partial charge in [-0.2, -0.15) is 0 Å². The fraction of sp³-hybridized carbons (Fsp3) is 0.571. The molecule has 0 bridgehead atoms. The summed E-state index contributed by atoms with van der Waals surface area (Å²) >= 11 is 0. The lowest BCUT2D eigenvalue weighted by Crippen LogP contribution is -2.38. The molecule has 6 heteroatoms. The van der Waals surface area contributed by atoms with Gasteiger partial charge in [0.15, 0.2) is 0 Å². The Kier molecular flexibility index (Phi) is 5.25. The van der Waals surface area contributed by atoms with Gasteiger partial charge in [0.05, 0.1) is 0 Å². The molecule has 4 rings (SSSR count).